The average molecular weight is 251 g/mol. The number of carbonyl (C=O) groups is 2. The SMILES string of the molecule is CNC(=O)c1ccc(=O)n(CC(=O)N(C)C)c1C. The molecule has 1 N–H and O–H groups in total. The van der Waals surface area contributed by atoms with E-state index in [-0.39, 0.29) is 23.9 Å². The van der Waals surface area contributed by atoms with Crippen LogP contribution in [0.1, 0.15) is 16.1 Å². The second-order valence-corrected chi connectivity index (χ2v) is 4.12. The molecule has 0 unspecified atom stereocenters. The van der Waals surface area contributed by atoms with Gasteiger partial charge in [-0.15, -0.1) is 0 Å². The van der Waals surface area contributed by atoms with Crippen LogP contribution in [0.4, 0.5) is 0 Å². The van der Waals surface area contributed by atoms with Gasteiger partial charge in [0.25, 0.3) is 11.5 Å². The van der Waals surface area contributed by atoms with Gasteiger partial charge in [0.15, 0.2) is 0 Å². The number of rotatable bonds is 3. The molecule has 6 heteroatoms. The summed E-state index contributed by atoms with van der Waals surface area (Å²) < 4.78 is 1.30. The Kier molecular flexibility index (Phi) is 4.25. The quantitative estimate of drug-likeness (QED) is 0.795. The third-order valence-corrected chi connectivity index (χ3v) is 2.72. The van der Waals surface area contributed by atoms with Gasteiger partial charge in [-0.2, -0.15) is 0 Å². The molecule has 0 atom stereocenters. The van der Waals surface area contributed by atoms with Crippen molar-refractivity contribution in [2.75, 3.05) is 21.1 Å². The lowest BCUT2D eigenvalue weighted by Gasteiger charge is -2.15. The van der Waals surface area contributed by atoms with Crippen LogP contribution in [0.2, 0.25) is 0 Å². The number of nitrogens with zero attached hydrogens (tertiary/aromatic N) is 2. The van der Waals surface area contributed by atoms with Crippen LogP contribution in [-0.2, 0) is 11.3 Å². The molecule has 1 heterocycles. The van der Waals surface area contributed by atoms with Gasteiger partial charge in [0.05, 0.1) is 5.56 Å². The molecule has 18 heavy (non-hydrogen) atoms. The molecule has 98 valence electrons. The van der Waals surface area contributed by atoms with E-state index in [9.17, 15) is 14.4 Å². The number of aromatic nitrogens is 1. The minimum Gasteiger partial charge on any atom is -0.355 e. The molecule has 0 aromatic carbocycles. The lowest BCUT2D eigenvalue weighted by Crippen LogP contribution is -2.34. The van der Waals surface area contributed by atoms with E-state index >= 15 is 0 Å². The second-order valence-electron chi connectivity index (χ2n) is 4.12. The van der Waals surface area contributed by atoms with E-state index in [1.807, 2.05) is 0 Å². The predicted octanol–water partition coefficient (Wildman–Crippen LogP) is -0.395. The Labute approximate surface area is 105 Å². The third-order valence-electron chi connectivity index (χ3n) is 2.72. The fraction of sp³-hybridized carbons (Fsp3) is 0.417. The van der Waals surface area contributed by atoms with E-state index in [1.165, 1.54) is 28.6 Å². The smallest absolute Gasteiger partial charge is 0.252 e. The summed E-state index contributed by atoms with van der Waals surface area (Å²) in [5, 5.41) is 2.50. The average Bonchev–Trinajstić information content (AvgIpc) is 2.33. The van der Waals surface area contributed by atoms with Crippen molar-refractivity contribution >= 4 is 11.8 Å². The van der Waals surface area contributed by atoms with Crippen molar-refractivity contribution < 1.29 is 9.59 Å². The highest BCUT2D eigenvalue weighted by Gasteiger charge is 2.14. The molecule has 0 radical (unpaired) electrons. The monoisotopic (exact) mass is 251 g/mol. The van der Waals surface area contributed by atoms with Crippen molar-refractivity contribution in [3.63, 3.8) is 0 Å². The van der Waals surface area contributed by atoms with Crippen molar-refractivity contribution in [1.29, 1.82) is 0 Å². The summed E-state index contributed by atoms with van der Waals surface area (Å²) in [7, 11) is 4.75. The van der Waals surface area contributed by atoms with E-state index in [1.54, 1.807) is 21.0 Å². The predicted molar refractivity (Wildman–Crippen MR) is 67.5 cm³/mol. The topological polar surface area (TPSA) is 71.4 Å². The van der Waals surface area contributed by atoms with E-state index in [4.69, 9.17) is 0 Å². The number of carbonyl (C=O) groups excluding carboxylic acids is 2. The van der Waals surface area contributed by atoms with Crippen molar-refractivity contribution in [3.8, 4) is 0 Å². The Bertz CT molecular complexity index is 532. The molecular weight excluding hydrogens is 234 g/mol. The highest BCUT2D eigenvalue weighted by atomic mass is 16.2. The molecule has 0 aliphatic rings. The summed E-state index contributed by atoms with van der Waals surface area (Å²) in [6.07, 6.45) is 0. The third kappa shape index (κ3) is 2.77. The Morgan fingerprint density at radius 2 is 1.94 bits per heavy atom. The Morgan fingerprint density at radius 1 is 1.33 bits per heavy atom. The largest absolute Gasteiger partial charge is 0.355 e. The van der Waals surface area contributed by atoms with Crippen molar-refractivity contribution in [1.82, 2.24) is 14.8 Å². The highest BCUT2D eigenvalue weighted by molar-refractivity contribution is 5.95. The molecule has 1 rings (SSSR count). The van der Waals surface area contributed by atoms with Gasteiger partial charge < -0.3 is 14.8 Å². The van der Waals surface area contributed by atoms with E-state index < -0.39 is 0 Å². The zero-order valence-corrected chi connectivity index (χ0v) is 11.0. The molecule has 1 aromatic heterocycles. The first-order valence-corrected chi connectivity index (χ1v) is 5.51. The first-order valence-electron chi connectivity index (χ1n) is 5.51. The van der Waals surface area contributed by atoms with Crippen LogP contribution in [0.3, 0.4) is 0 Å². The van der Waals surface area contributed by atoms with Crippen LogP contribution in [0, 0.1) is 6.92 Å². The lowest BCUT2D eigenvalue weighted by molar-refractivity contribution is -0.129. The number of hydrogen-bond acceptors (Lipinski definition) is 3. The molecule has 0 saturated heterocycles. The molecule has 0 aliphatic heterocycles. The van der Waals surface area contributed by atoms with Gasteiger partial charge in [-0.25, -0.2) is 0 Å². The van der Waals surface area contributed by atoms with E-state index in [2.05, 4.69) is 5.32 Å². The number of likely N-dealkylation sites (N-methyl/N-ethyl adjacent to an activating group) is 1. The van der Waals surface area contributed by atoms with Gasteiger partial charge in [-0.05, 0) is 13.0 Å². The molecule has 0 saturated carbocycles. The molecule has 2 amide bonds. The number of amides is 2. The number of pyridine rings is 1. The highest BCUT2D eigenvalue weighted by Crippen LogP contribution is 2.05. The van der Waals surface area contributed by atoms with Gasteiger partial charge in [0.2, 0.25) is 5.91 Å². The minimum atomic E-state index is -0.296. The second kappa shape index (κ2) is 5.48. The fourth-order valence-electron chi connectivity index (χ4n) is 1.52. The van der Waals surface area contributed by atoms with Crippen molar-refractivity contribution in [3.05, 3.63) is 33.7 Å². The van der Waals surface area contributed by atoms with Gasteiger partial charge >= 0.3 is 0 Å². The van der Waals surface area contributed by atoms with Crippen LogP contribution in [0.25, 0.3) is 0 Å². The first-order chi connectivity index (χ1) is 8.38. The summed E-state index contributed by atoms with van der Waals surface area (Å²) in [5.41, 5.74) is 0.580. The zero-order valence-electron chi connectivity index (χ0n) is 11.0. The molecule has 0 aliphatic carbocycles. The molecule has 1 aromatic rings. The maximum absolute atomic E-state index is 11.7. The molecular formula is C12H17N3O3. The molecule has 0 spiro atoms. The van der Waals surface area contributed by atoms with Crippen LogP contribution in [-0.4, -0.2) is 42.4 Å². The number of hydrogen-bond donors (Lipinski definition) is 1. The first kappa shape index (κ1) is 14.0. The van der Waals surface area contributed by atoms with Crippen molar-refractivity contribution in [2.45, 2.75) is 13.5 Å². The standard InChI is InChI=1S/C12H17N3O3/c1-8-9(12(18)13-2)5-6-10(16)15(8)7-11(17)14(3)4/h5-6H,7H2,1-4H3,(H,13,18). The summed E-state index contributed by atoms with van der Waals surface area (Å²) in [4.78, 5) is 36.4. The van der Waals surface area contributed by atoms with Crippen LogP contribution < -0.4 is 10.9 Å². The summed E-state index contributed by atoms with van der Waals surface area (Å²) >= 11 is 0. The lowest BCUT2D eigenvalue weighted by atomic mass is 10.2. The van der Waals surface area contributed by atoms with Crippen LogP contribution in [0.5, 0.6) is 0 Å². The van der Waals surface area contributed by atoms with Crippen LogP contribution in [0.15, 0.2) is 16.9 Å². The van der Waals surface area contributed by atoms with Gasteiger partial charge in [-0.3, -0.25) is 14.4 Å². The maximum Gasteiger partial charge on any atom is 0.252 e. The Hall–Kier alpha value is -2.11. The summed E-state index contributed by atoms with van der Waals surface area (Å²) in [6, 6.07) is 2.76. The number of nitrogens with one attached hydrogen (secondary N) is 1. The minimum absolute atomic E-state index is 0.0670. The summed E-state index contributed by atoms with van der Waals surface area (Å²) in [5.74, 6) is -0.479. The van der Waals surface area contributed by atoms with Gasteiger partial charge in [0, 0.05) is 32.9 Å². The Morgan fingerprint density at radius 3 is 2.44 bits per heavy atom. The van der Waals surface area contributed by atoms with E-state index in [0.717, 1.165) is 0 Å². The zero-order chi connectivity index (χ0) is 13.9. The van der Waals surface area contributed by atoms with Gasteiger partial charge in [0.1, 0.15) is 6.54 Å². The molecule has 6 nitrogen and oxygen atoms in total. The molecule has 0 bridgehead atoms. The molecule has 0 fully saturated rings. The van der Waals surface area contributed by atoms with Crippen molar-refractivity contribution in [2.24, 2.45) is 0 Å². The maximum atomic E-state index is 11.7. The fourth-order valence-corrected chi connectivity index (χ4v) is 1.52. The van der Waals surface area contributed by atoms with Gasteiger partial charge in [-0.1, -0.05) is 0 Å². The Balaban J connectivity index is 3.23. The summed E-state index contributed by atoms with van der Waals surface area (Å²) in [6.45, 7) is 1.58. The normalized spacial score (nSPS) is 10.0. The van der Waals surface area contributed by atoms with E-state index in [0.29, 0.717) is 11.3 Å². The van der Waals surface area contributed by atoms with Crippen LogP contribution >= 0.6 is 0 Å².